The van der Waals surface area contributed by atoms with Gasteiger partial charge in [0.15, 0.2) is 0 Å². The number of rotatable bonds is 5. The topological polar surface area (TPSA) is 94.5 Å². The van der Waals surface area contributed by atoms with Crippen LogP contribution in [0.15, 0.2) is 36.4 Å². The van der Waals surface area contributed by atoms with Crippen molar-refractivity contribution >= 4 is 17.8 Å². The summed E-state index contributed by atoms with van der Waals surface area (Å²) in [6, 6.07) is 10.9. The molecule has 1 aromatic heterocycles. The van der Waals surface area contributed by atoms with Crippen LogP contribution < -0.4 is 10.6 Å². The molecular weight excluding hydrogens is 384 g/mol. The van der Waals surface area contributed by atoms with Gasteiger partial charge >= 0.3 is 6.09 Å². The maximum Gasteiger partial charge on any atom is 0.407 e. The van der Waals surface area contributed by atoms with E-state index in [1.807, 2.05) is 58.9 Å². The third-order valence-electron chi connectivity index (χ3n) is 4.61. The SMILES string of the molecule is CC(C)NC(=O)OC1COC(c2cc(NC(=O)c3ccccc3)n(C(C)(C)C)n2)C1. The van der Waals surface area contributed by atoms with Crippen LogP contribution in [0.4, 0.5) is 10.6 Å². The average molecular weight is 415 g/mol. The summed E-state index contributed by atoms with van der Waals surface area (Å²) >= 11 is 0. The molecule has 2 N–H and O–H groups in total. The lowest BCUT2D eigenvalue weighted by Gasteiger charge is -2.22. The molecule has 8 nitrogen and oxygen atoms in total. The second kappa shape index (κ2) is 8.87. The molecule has 2 amide bonds. The molecule has 0 radical (unpaired) electrons. The summed E-state index contributed by atoms with van der Waals surface area (Å²) in [5, 5.41) is 10.4. The summed E-state index contributed by atoms with van der Waals surface area (Å²) in [6.45, 7) is 10.1. The number of nitrogens with zero attached hydrogens (tertiary/aromatic N) is 2. The molecule has 2 aromatic rings. The predicted molar refractivity (Wildman–Crippen MR) is 113 cm³/mol. The quantitative estimate of drug-likeness (QED) is 0.775. The van der Waals surface area contributed by atoms with Gasteiger partial charge in [0.1, 0.15) is 18.0 Å². The highest BCUT2D eigenvalue weighted by atomic mass is 16.6. The molecule has 8 heteroatoms. The molecule has 30 heavy (non-hydrogen) atoms. The Morgan fingerprint density at radius 2 is 1.93 bits per heavy atom. The van der Waals surface area contributed by atoms with Crippen molar-refractivity contribution < 1.29 is 19.1 Å². The van der Waals surface area contributed by atoms with Crippen molar-refractivity contribution in [2.24, 2.45) is 0 Å². The van der Waals surface area contributed by atoms with Gasteiger partial charge in [0.2, 0.25) is 0 Å². The molecule has 1 aliphatic rings. The van der Waals surface area contributed by atoms with E-state index in [4.69, 9.17) is 14.6 Å². The highest BCUT2D eigenvalue weighted by Gasteiger charge is 2.33. The van der Waals surface area contributed by atoms with Gasteiger partial charge in [0, 0.05) is 24.1 Å². The van der Waals surface area contributed by atoms with Gasteiger partial charge in [0.25, 0.3) is 5.91 Å². The Bertz CT molecular complexity index is 886. The summed E-state index contributed by atoms with van der Waals surface area (Å²) in [5.41, 5.74) is 0.926. The van der Waals surface area contributed by atoms with E-state index < -0.39 is 6.09 Å². The summed E-state index contributed by atoms with van der Waals surface area (Å²) in [6.07, 6.45) is -0.581. The van der Waals surface area contributed by atoms with Crippen molar-refractivity contribution in [2.75, 3.05) is 11.9 Å². The summed E-state index contributed by atoms with van der Waals surface area (Å²) < 4.78 is 13.0. The number of carbonyl (C=O) groups excluding carboxylic acids is 2. The number of anilines is 1. The Balaban J connectivity index is 1.74. The number of carbonyl (C=O) groups is 2. The van der Waals surface area contributed by atoms with Crippen LogP contribution in [0, 0.1) is 0 Å². The first kappa shape index (κ1) is 21.8. The molecule has 1 saturated heterocycles. The molecular formula is C22H30N4O4. The number of amides is 2. The van der Waals surface area contributed by atoms with E-state index >= 15 is 0 Å². The minimum Gasteiger partial charge on any atom is -0.444 e. The van der Waals surface area contributed by atoms with E-state index in [1.165, 1.54) is 0 Å². The van der Waals surface area contributed by atoms with Gasteiger partial charge in [-0.15, -0.1) is 0 Å². The zero-order valence-corrected chi connectivity index (χ0v) is 18.1. The number of hydrogen-bond donors (Lipinski definition) is 2. The molecule has 2 unspecified atom stereocenters. The first-order chi connectivity index (χ1) is 14.1. The van der Waals surface area contributed by atoms with Crippen molar-refractivity contribution in [1.82, 2.24) is 15.1 Å². The largest absolute Gasteiger partial charge is 0.444 e. The molecule has 1 fully saturated rings. The standard InChI is InChI=1S/C22H30N4O4/c1-14(2)23-21(28)30-16-11-18(29-13-16)17-12-19(26(25-17)22(3,4)5)24-20(27)15-9-7-6-8-10-15/h6-10,12,14,16,18H,11,13H2,1-5H3,(H,23,28)(H,24,27). The van der Waals surface area contributed by atoms with Crippen LogP contribution >= 0.6 is 0 Å². The zero-order valence-electron chi connectivity index (χ0n) is 18.1. The lowest BCUT2D eigenvalue weighted by atomic mass is 10.1. The van der Waals surface area contributed by atoms with E-state index in [0.29, 0.717) is 30.1 Å². The molecule has 0 bridgehead atoms. The maximum atomic E-state index is 12.6. The van der Waals surface area contributed by atoms with Crippen LogP contribution in [0.25, 0.3) is 0 Å². The van der Waals surface area contributed by atoms with E-state index in [2.05, 4.69) is 10.6 Å². The minimum atomic E-state index is -0.449. The normalized spacial score (nSPS) is 19.0. The average Bonchev–Trinajstić information content (AvgIpc) is 3.28. The monoisotopic (exact) mass is 414 g/mol. The number of hydrogen-bond acceptors (Lipinski definition) is 5. The number of ether oxygens (including phenoxy) is 2. The number of nitrogens with one attached hydrogen (secondary N) is 2. The molecule has 2 heterocycles. The second-order valence-corrected chi connectivity index (χ2v) is 8.74. The van der Waals surface area contributed by atoms with Crippen LogP contribution in [0.5, 0.6) is 0 Å². The first-order valence-corrected chi connectivity index (χ1v) is 10.2. The summed E-state index contributed by atoms with van der Waals surface area (Å²) in [4.78, 5) is 24.5. The Morgan fingerprint density at radius 1 is 1.23 bits per heavy atom. The molecule has 0 spiro atoms. The van der Waals surface area contributed by atoms with Gasteiger partial charge in [-0.1, -0.05) is 18.2 Å². The first-order valence-electron chi connectivity index (χ1n) is 10.2. The third kappa shape index (κ3) is 5.38. The van der Waals surface area contributed by atoms with Gasteiger partial charge in [-0.05, 0) is 46.8 Å². The van der Waals surface area contributed by atoms with Crippen LogP contribution in [0.2, 0.25) is 0 Å². The smallest absolute Gasteiger partial charge is 0.407 e. The molecule has 162 valence electrons. The Labute approximate surface area is 176 Å². The Hall–Kier alpha value is -2.87. The van der Waals surface area contributed by atoms with Crippen LogP contribution in [0.1, 0.15) is 63.2 Å². The lowest BCUT2D eigenvalue weighted by molar-refractivity contribution is 0.0679. The van der Waals surface area contributed by atoms with Gasteiger partial charge in [-0.25, -0.2) is 9.48 Å². The fourth-order valence-electron chi connectivity index (χ4n) is 3.24. The summed E-state index contributed by atoms with van der Waals surface area (Å²) in [7, 11) is 0. The predicted octanol–water partition coefficient (Wildman–Crippen LogP) is 3.86. The Morgan fingerprint density at radius 3 is 2.57 bits per heavy atom. The molecule has 2 atom stereocenters. The molecule has 0 saturated carbocycles. The highest BCUT2D eigenvalue weighted by molar-refractivity contribution is 6.03. The number of alkyl carbamates (subject to hydrolysis) is 1. The minimum absolute atomic E-state index is 0.00823. The number of benzene rings is 1. The van der Waals surface area contributed by atoms with E-state index in [0.717, 1.165) is 0 Å². The second-order valence-electron chi connectivity index (χ2n) is 8.74. The lowest BCUT2D eigenvalue weighted by Crippen LogP contribution is -2.33. The highest BCUT2D eigenvalue weighted by Crippen LogP contribution is 2.33. The third-order valence-corrected chi connectivity index (χ3v) is 4.61. The van der Waals surface area contributed by atoms with Crippen molar-refractivity contribution in [2.45, 2.75) is 64.8 Å². The fraction of sp³-hybridized carbons (Fsp3) is 0.500. The van der Waals surface area contributed by atoms with Crippen LogP contribution in [0.3, 0.4) is 0 Å². The van der Waals surface area contributed by atoms with Crippen molar-refractivity contribution in [3.8, 4) is 0 Å². The Kier molecular flexibility index (Phi) is 6.45. The van der Waals surface area contributed by atoms with Crippen LogP contribution in [-0.2, 0) is 15.0 Å². The van der Waals surface area contributed by atoms with Gasteiger partial charge < -0.3 is 20.1 Å². The summed E-state index contributed by atoms with van der Waals surface area (Å²) in [5.74, 6) is 0.392. The molecule has 0 aliphatic carbocycles. The molecule has 1 aliphatic heterocycles. The molecule has 3 rings (SSSR count). The zero-order chi connectivity index (χ0) is 21.9. The van der Waals surface area contributed by atoms with Gasteiger partial charge in [-0.2, -0.15) is 5.10 Å². The van der Waals surface area contributed by atoms with Crippen molar-refractivity contribution in [1.29, 1.82) is 0 Å². The van der Waals surface area contributed by atoms with Crippen molar-refractivity contribution in [3.05, 3.63) is 47.7 Å². The maximum absolute atomic E-state index is 12.6. The van der Waals surface area contributed by atoms with Crippen molar-refractivity contribution in [3.63, 3.8) is 0 Å². The van der Waals surface area contributed by atoms with Gasteiger partial charge in [0.05, 0.1) is 17.8 Å². The van der Waals surface area contributed by atoms with E-state index in [9.17, 15) is 9.59 Å². The van der Waals surface area contributed by atoms with Crippen LogP contribution in [-0.4, -0.2) is 40.5 Å². The fourth-order valence-corrected chi connectivity index (χ4v) is 3.24. The van der Waals surface area contributed by atoms with E-state index in [-0.39, 0.29) is 29.7 Å². The molecule has 1 aromatic carbocycles. The van der Waals surface area contributed by atoms with Gasteiger partial charge in [-0.3, -0.25) is 4.79 Å². The number of aromatic nitrogens is 2. The van der Waals surface area contributed by atoms with E-state index in [1.54, 1.807) is 16.8 Å².